The summed E-state index contributed by atoms with van der Waals surface area (Å²) < 4.78 is 7.49. The van der Waals surface area contributed by atoms with Crippen molar-refractivity contribution >= 4 is 22.8 Å². The number of carbonyl (C=O) groups is 2. The van der Waals surface area contributed by atoms with Gasteiger partial charge in [0.05, 0.1) is 5.52 Å². The molecule has 5 rings (SSSR count). The average molecular weight is 366 g/mol. The van der Waals surface area contributed by atoms with E-state index in [2.05, 4.69) is 11.0 Å². The Kier molecular flexibility index (Phi) is 3.57. The normalized spacial score (nSPS) is 29.5. The van der Waals surface area contributed by atoms with Gasteiger partial charge in [-0.25, -0.2) is 9.36 Å². The first kappa shape index (κ1) is 17.0. The Morgan fingerprint density at radius 3 is 2.67 bits per heavy atom. The molecule has 27 heavy (non-hydrogen) atoms. The van der Waals surface area contributed by atoms with E-state index in [1.54, 1.807) is 4.57 Å². The Bertz CT molecular complexity index is 952. The monoisotopic (exact) mass is 366 g/mol. The molecule has 5 nitrogen and oxygen atoms in total. The number of nitrogens with zero attached hydrogens (tertiary/aromatic N) is 2. The van der Waals surface area contributed by atoms with Gasteiger partial charge in [-0.1, -0.05) is 18.2 Å². The van der Waals surface area contributed by atoms with Crippen molar-refractivity contribution < 1.29 is 14.3 Å². The molecule has 2 aliphatic heterocycles. The fourth-order valence-corrected chi connectivity index (χ4v) is 5.36. The summed E-state index contributed by atoms with van der Waals surface area (Å²) >= 11 is 0. The van der Waals surface area contributed by atoms with Crippen LogP contribution >= 0.6 is 0 Å². The third-order valence-electron chi connectivity index (χ3n) is 6.36. The van der Waals surface area contributed by atoms with Crippen molar-refractivity contribution in [1.29, 1.82) is 0 Å². The number of ether oxygens (including phenoxy) is 1. The lowest BCUT2D eigenvalue weighted by molar-refractivity contribution is -0.126. The molecule has 2 fully saturated rings. The van der Waals surface area contributed by atoms with E-state index < -0.39 is 5.60 Å². The minimum absolute atomic E-state index is 0.00884. The van der Waals surface area contributed by atoms with Gasteiger partial charge in [-0.2, -0.15) is 0 Å². The molecular formula is C22H26N2O3. The van der Waals surface area contributed by atoms with E-state index in [1.165, 1.54) is 5.56 Å². The molecule has 0 radical (unpaired) electrons. The molecule has 2 aromatic rings. The smallest absolute Gasteiger partial charge is 0.419 e. The minimum Gasteiger partial charge on any atom is -0.443 e. The van der Waals surface area contributed by atoms with Gasteiger partial charge in [0, 0.05) is 29.0 Å². The number of hydrogen-bond acceptors (Lipinski definition) is 4. The zero-order valence-corrected chi connectivity index (χ0v) is 16.2. The molecule has 1 aliphatic carbocycles. The Balaban J connectivity index is 1.77. The van der Waals surface area contributed by atoms with Crippen molar-refractivity contribution in [3.05, 3.63) is 35.5 Å². The van der Waals surface area contributed by atoms with Crippen molar-refractivity contribution in [2.45, 2.75) is 51.7 Å². The van der Waals surface area contributed by atoms with Crippen LogP contribution in [0.15, 0.2) is 24.3 Å². The molecule has 2 saturated heterocycles. The van der Waals surface area contributed by atoms with Crippen LogP contribution in [0.3, 0.4) is 0 Å². The molecule has 4 unspecified atom stereocenters. The van der Waals surface area contributed by atoms with Crippen LogP contribution in [-0.2, 0) is 16.0 Å². The summed E-state index contributed by atoms with van der Waals surface area (Å²) in [7, 11) is 0. The first-order valence-electron chi connectivity index (χ1n) is 9.98. The van der Waals surface area contributed by atoms with Crippen LogP contribution in [0.1, 0.15) is 50.9 Å². The van der Waals surface area contributed by atoms with Crippen LogP contribution in [0.5, 0.6) is 0 Å². The lowest BCUT2D eigenvalue weighted by atomic mass is 9.87. The first-order valence-corrected chi connectivity index (χ1v) is 9.98. The van der Waals surface area contributed by atoms with Gasteiger partial charge in [0.2, 0.25) is 0 Å². The van der Waals surface area contributed by atoms with Crippen LogP contribution in [0.25, 0.3) is 10.9 Å². The molecule has 3 aliphatic rings. The number of Topliss-reactive ketones (excluding diaryl/α,β-unsaturated/α-hetero) is 1. The highest BCUT2D eigenvalue weighted by Gasteiger charge is 2.49. The Morgan fingerprint density at radius 1 is 1.15 bits per heavy atom. The molecule has 0 N–H and O–H groups in total. The number of benzene rings is 1. The van der Waals surface area contributed by atoms with Crippen LogP contribution in [-0.4, -0.2) is 40.0 Å². The maximum atomic E-state index is 13.1. The summed E-state index contributed by atoms with van der Waals surface area (Å²) in [5, 5.41) is 1.09. The zero-order valence-electron chi connectivity index (χ0n) is 16.2. The summed E-state index contributed by atoms with van der Waals surface area (Å²) in [4.78, 5) is 28.8. The van der Waals surface area contributed by atoms with E-state index in [-0.39, 0.29) is 24.0 Å². The van der Waals surface area contributed by atoms with E-state index in [9.17, 15) is 9.59 Å². The Hall–Kier alpha value is -2.14. The van der Waals surface area contributed by atoms with Crippen LogP contribution in [0.4, 0.5) is 4.79 Å². The highest BCUT2D eigenvalue weighted by molar-refractivity contribution is 5.96. The summed E-state index contributed by atoms with van der Waals surface area (Å²) in [5.41, 5.74) is 2.52. The second-order valence-electron chi connectivity index (χ2n) is 9.16. The molecule has 1 aromatic heterocycles. The fraction of sp³-hybridized carbons (Fsp3) is 0.545. The Labute approximate surface area is 159 Å². The van der Waals surface area contributed by atoms with E-state index in [4.69, 9.17) is 4.74 Å². The Morgan fingerprint density at radius 2 is 1.89 bits per heavy atom. The number of para-hydroxylation sites is 1. The second-order valence-corrected chi connectivity index (χ2v) is 9.16. The van der Waals surface area contributed by atoms with Gasteiger partial charge in [0.25, 0.3) is 0 Å². The summed E-state index contributed by atoms with van der Waals surface area (Å²) in [5.74, 6) is 0.474. The lowest BCUT2D eigenvalue weighted by Crippen LogP contribution is -2.31. The van der Waals surface area contributed by atoms with Gasteiger partial charge < -0.3 is 4.74 Å². The molecule has 1 aromatic carbocycles. The number of aromatic nitrogens is 1. The van der Waals surface area contributed by atoms with Gasteiger partial charge >= 0.3 is 6.09 Å². The van der Waals surface area contributed by atoms with Gasteiger partial charge in [-0.05, 0) is 64.8 Å². The number of hydrogen-bond donors (Lipinski definition) is 0. The van der Waals surface area contributed by atoms with Crippen LogP contribution < -0.4 is 0 Å². The van der Waals surface area contributed by atoms with Gasteiger partial charge in [-0.15, -0.1) is 0 Å². The van der Waals surface area contributed by atoms with E-state index in [0.717, 1.165) is 42.5 Å². The lowest BCUT2D eigenvalue weighted by Gasteiger charge is -2.27. The summed E-state index contributed by atoms with van der Waals surface area (Å²) in [6, 6.07) is 8.18. The fourth-order valence-electron chi connectivity index (χ4n) is 5.36. The highest BCUT2D eigenvalue weighted by Crippen LogP contribution is 2.50. The van der Waals surface area contributed by atoms with Crippen molar-refractivity contribution in [3.63, 3.8) is 0 Å². The van der Waals surface area contributed by atoms with Crippen molar-refractivity contribution in [1.82, 2.24) is 9.47 Å². The van der Waals surface area contributed by atoms with Crippen LogP contribution in [0.2, 0.25) is 0 Å². The molecule has 142 valence electrons. The predicted molar refractivity (Wildman–Crippen MR) is 103 cm³/mol. The third-order valence-corrected chi connectivity index (χ3v) is 6.36. The van der Waals surface area contributed by atoms with Gasteiger partial charge in [0.15, 0.2) is 0 Å². The summed E-state index contributed by atoms with van der Waals surface area (Å²) in [6.45, 7) is 7.61. The van der Waals surface area contributed by atoms with E-state index >= 15 is 0 Å². The molecule has 4 atom stereocenters. The zero-order chi connectivity index (χ0) is 18.9. The van der Waals surface area contributed by atoms with Crippen molar-refractivity contribution in [2.75, 3.05) is 13.1 Å². The molecule has 0 amide bonds. The highest BCUT2D eigenvalue weighted by atomic mass is 16.6. The maximum Gasteiger partial charge on any atom is 0.419 e. The number of rotatable bonds is 0. The largest absolute Gasteiger partial charge is 0.443 e. The molecule has 0 saturated carbocycles. The quantitative estimate of drug-likeness (QED) is 0.709. The third kappa shape index (κ3) is 2.48. The molecule has 3 heterocycles. The number of fused-ring (bicyclic) bond motifs is 4. The SMILES string of the molecule is CC(C)(C)OC(=O)n1c2c(c3ccccc31)C1C3CCN1CCC(C2)C3=O. The van der Waals surface area contributed by atoms with E-state index in [1.807, 2.05) is 39.0 Å². The summed E-state index contributed by atoms with van der Waals surface area (Å²) in [6.07, 6.45) is 2.13. The molecule has 4 bridgehead atoms. The minimum atomic E-state index is -0.561. The second kappa shape index (κ2) is 5.68. The van der Waals surface area contributed by atoms with Crippen LogP contribution in [0, 0.1) is 11.8 Å². The topological polar surface area (TPSA) is 51.5 Å². The van der Waals surface area contributed by atoms with E-state index in [0.29, 0.717) is 12.2 Å². The maximum absolute atomic E-state index is 13.1. The van der Waals surface area contributed by atoms with Crippen molar-refractivity contribution in [2.24, 2.45) is 11.8 Å². The first-order chi connectivity index (χ1) is 12.8. The molecular weight excluding hydrogens is 340 g/mol. The van der Waals surface area contributed by atoms with Gasteiger partial charge in [-0.3, -0.25) is 9.69 Å². The number of ketones is 1. The predicted octanol–water partition coefficient (Wildman–Crippen LogP) is 3.93. The average Bonchev–Trinajstić information content (AvgIpc) is 3.04. The molecule has 5 heteroatoms. The molecule has 0 spiro atoms. The van der Waals surface area contributed by atoms with Crippen molar-refractivity contribution in [3.8, 4) is 0 Å². The standard InChI is InChI=1S/C22H26N2O3/c1-22(2,3)27-21(26)24-16-7-5-4-6-14(16)18-17(24)12-13-8-10-23-11-9-15(19(18)23)20(13)25/h4-7,13,15,19H,8-12H2,1-3H3. The van der Waals surface area contributed by atoms with Gasteiger partial charge in [0.1, 0.15) is 11.4 Å². The number of carbonyl (C=O) groups excluding carboxylic acids is 2.